The van der Waals surface area contributed by atoms with E-state index in [2.05, 4.69) is 30.7 Å². The molecule has 2 N–H and O–H groups in total. The van der Waals surface area contributed by atoms with Crippen LogP contribution in [0.25, 0.3) is 0 Å². The Morgan fingerprint density at radius 1 is 1.67 bits per heavy atom. The average Bonchev–Trinajstić information content (AvgIpc) is 2.34. The molecule has 0 aromatic carbocycles. The predicted octanol–water partition coefficient (Wildman–Crippen LogP) is 1.05. The number of nitrogens with zero attached hydrogens (tertiary/aromatic N) is 2. The summed E-state index contributed by atoms with van der Waals surface area (Å²) in [6, 6.07) is 0.532. The van der Waals surface area contributed by atoms with Gasteiger partial charge in [0.05, 0.1) is 12.6 Å². The van der Waals surface area contributed by atoms with Crippen LogP contribution in [0.2, 0.25) is 0 Å². The molecule has 0 aromatic heterocycles. The first kappa shape index (κ1) is 9.36. The number of guanidine groups is 1. The fourth-order valence-electron chi connectivity index (χ4n) is 1.64. The Bertz CT molecular complexity index is 175. The van der Waals surface area contributed by atoms with E-state index in [4.69, 9.17) is 5.73 Å². The van der Waals surface area contributed by atoms with E-state index in [1.807, 2.05) is 0 Å². The summed E-state index contributed by atoms with van der Waals surface area (Å²) in [6.07, 6.45) is 1.14. The van der Waals surface area contributed by atoms with Gasteiger partial charge in [-0.2, -0.15) is 0 Å². The van der Waals surface area contributed by atoms with Crippen LogP contribution < -0.4 is 5.73 Å². The normalized spacial score (nSPS) is 23.5. The molecule has 1 aliphatic heterocycles. The fourth-order valence-corrected chi connectivity index (χ4v) is 1.64. The molecule has 0 saturated carbocycles. The summed E-state index contributed by atoms with van der Waals surface area (Å²) in [5, 5.41) is 0. The van der Waals surface area contributed by atoms with Crippen LogP contribution in [0.3, 0.4) is 0 Å². The van der Waals surface area contributed by atoms with Gasteiger partial charge < -0.3 is 10.6 Å². The van der Waals surface area contributed by atoms with Gasteiger partial charge in [0.1, 0.15) is 0 Å². The van der Waals surface area contributed by atoms with E-state index in [0.29, 0.717) is 12.0 Å². The Balaban J connectivity index is 2.57. The summed E-state index contributed by atoms with van der Waals surface area (Å²) in [5.41, 5.74) is 5.77. The second-order valence-electron chi connectivity index (χ2n) is 3.70. The van der Waals surface area contributed by atoms with Gasteiger partial charge in [-0.05, 0) is 12.3 Å². The molecule has 0 radical (unpaired) electrons. The molecule has 0 amide bonds. The van der Waals surface area contributed by atoms with Crippen LogP contribution in [0.15, 0.2) is 4.99 Å². The van der Waals surface area contributed by atoms with Gasteiger partial charge in [0.2, 0.25) is 0 Å². The van der Waals surface area contributed by atoms with Crippen LogP contribution in [0.4, 0.5) is 0 Å². The summed E-state index contributed by atoms with van der Waals surface area (Å²) in [6.45, 7) is 8.54. The van der Waals surface area contributed by atoms with Crippen molar-refractivity contribution in [3.05, 3.63) is 0 Å². The minimum atomic E-state index is 0.532. The first-order valence-electron chi connectivity index (χ1n) is 4.73. The Hall–Kier alpha value is -0.730. The molecule has 0 saturated heterocycles. The van der Waals surface area contributed by atoms with Crippen LogP contribution in [-0.2, 0) is 0 Å². The van der Waals surface area contributed by atoms with E-state index >= 15 is 0 Å². The van der Waals surface area contributed by atoms with Gasteiger partial charge in [-0.1, -0.05) is 20.8 Å². The lowest BCUT2D eigenvalue weighted by atomic mass is 10.0. The molecule has 1 aliphatic rings. The quantitative estimate of drug-likeness (QED) is 0.686. The van der Waals surface area contributed by atoms with Gasteiger partial charge in [0.25, 0.3) is 0 Å². The van der Waals surface area contributed by atoms with Gasteiger partial charge in [-0.25, -0.2) is 0 Å². The number of aliphatic imine (C=N–C) groups is 1. The molecular formula is C9H19N3. The standard InChI is InChI=1S/C9H19N3/c1-4-5-12-8(7(2)3)6-11-9(12)10/h7-8H,4-6H2,1-3H3,(H2,10,11). The SMILES string of the molecule is CCCN1C(N)=NCC1C(C)C. The van der Waals surface area contributed by atoms with E-state index in [1.54, 1.807) is 0 Å². The summed E-state index contributed by atoms with van der Waals surface area (Å²) < 4.78 is 0. The van der Waals surface area contributed by atoms with Gasteiger partial charge >= 0.3 is 0 Å². The highest BCUT2D eigenvalue weighted by Crippen LogP contribution is 2.16. The highest BCUT2D eigenvalue weighted by atomic mass is 15.3. The van der Waals surface area contributed by atoms with Crippen molar-refractivity contribution in [3.8, 4) is 0 Å². The molecule has 1 atom stereocenters. The molecule has 3 nitrogen and oxygen atoms in total. The summed E-state index contributed by atoms with van der Waals surface area (Å²) in [4.78, 5) is 6.49. The van der Waals surface area contributed by atoms with Crippen molar-refractivity contribution in [3.63, 3.8) is 0 Å². The topological polar surface area (TPSA) is 41.6 Å². The van der Waals surface area contributed by atoms with Crippen molar-refractivity contribution in [2.75, 3.05) is 13.1 Å². The summed E-state index contributed by atoms with van der Waals surface area (Å²) in [5.74, 6) is 1.37. The second-order valence-corrected chi connectivity index (χ2v) is 3.70. The van der Waals surface area contributed by atoms with Gasteiger partial charge in [0.15, 0.2) is 5.96 Å². The number of rotatable bonds is 3. The Morgan fingerprint density at radius 3 is 2.83 bits per heavy atom. The van der Waals surface area contributed by atoms with Crippen LogP contribution in [0, 0.1) is 5.92 Å². The molecule has 1 rings (SSSR count). The third kappa shape index (κ3) is 1.71. The third-order valence-corrected chi connectivity index (χ3v) is 2.37. The molecular weight excluding hydrogens is 150 g/mol. The molecule has 3 heteroatoms. The molecule has 1 unspecified atom stereocenters. The van der Waals surface area contributed by atoms with Crippen LogP contribution in [0.5, 0.6) is 0 Å². The molecule has 1 heterocycles. The predicted molar refractivity (Wildman–Crippen MR) is 52.1 cm³/mol. The molecule has 0 aliphatic carbocycles. The highest BCUT2D eigenvalue weighted by molar-refractivity contribution is 5.80. The molecule has 0 fully saturated rings. The molecule has 12 heavy (non-hydrogen) atoms. The maximum Gasteiger partial charge on any atom is 0.191 e. The number of hydrogen-bond acceptors (Lipinski definition) is 3. The third-order valence-electron chi connectivity index (χ3n) is 2.37. The van der Waals surface area contributed by atoms with E-state index in [-0.39, 0.29) is 0 Å². The number of nitrogens with two attached hydrogens (primary N) is 1. The molecule has 0 aromatic rings. The Morgan fingerprint density at radius 2 is 2.33 bits per heavy atom. The first-order valence-corrected chi connectivity index (χ1v) is 4.73. The average molecular weight is 169 g/mol. The monoisotopic (exact) mass is 169 g/mol. The Labute approximate surface area is 74.6 Å². The summed E-state index contributed by atoms with van der Waals surface area (Å²) in [7, 11) is 0. The number of hydrogen-bond donors (Lipinski definition) is 1. The lowest BCUT2D eigenvalue weighted by Gasteiger charge is -2.28. The van der Waals surface area contributed by atoms with Crippen molar-refractivity contribution < 1.29 is 0 Å². The fraction of sp³-hybridized carbons (Fsp3) is 0.889. The Kier molecular flexibility index (Phi) is 2.95. The maximum atomic E-state index is 5.77. The van der Waals surface area contributed by atoms with E-state index in [9.17, 15) is 0 Å². The lowest BCUT2D eigenvalue weighted by molar-refractivity contribution is 0.275. The van der Waals surface area contributed by atoms with Crippen molar-refractivity contribution in [2.45, 2.75) is 33.2 Å². The van der Waals surface area contributed by atoms with Crippen LogP contribution >= 0.6 is 0 Å². The lowest BCUT2D eigenvalue weighted by Crippen LogP contribution is -2.43. The molecule has 0 bridgehead atoms. The highest BCUT2D eigenvalue weighted by Gasteiger charge is 2.27. The second kappa shape index (κ2) is 3.78. The van der Waals surface area contributed by atoms with Crippen molar-refractivity contribution in [1.29, 1.82) is 0 Å². The summed E-state index contributed by atoms with van der Waals surface area (Å²) >= 11 is 0. The zero-order valence-electron chi connectivity index (χ0n) is 8.25. The van der Waals surface area contributed by atoms with E-state index in [1.165, 1.54) is 0 Å². The minimum absolute atomic E-state index is 0.532. The van der Waals surface area contributed by atoms with Crippen molar-refractivity contribution in [2.24, 2.45) is 16.6 Å². The molecule has 0 spiro atoms. The van der Waals surface area contributed by atoms with Crippen LogP contribution in [0.1, 0.15) is 27.2 Å². The van der Waals surface area contributed by atoms with Crippen molar-refractivity contribution >= 4 is 5.96 Å². The first-order chi connectivity index (χ1) is 5.66. The largest absolute Gasteiger partial charge is 0.370 e. The van der Waals surface area contributed by atoms with E-state index < -0.39 is 0 Å². The van der Waals surface area contributed by atoms with Gasteiger partial charge in [-0.3, -0.25) is 4.99 Å². The molecule has 70 valence electrons. The van der Waals surface area contributed by atoms with Crippen LogP contribution in [-0.4, -0.2) is 30.0 Å². The van der Waals surface area contributed by atoms with Crippen molar-refractivity contribution in [1.82, 2.24) is 4.90 Å². The van der Waals surface area contributed by atoms with Gasteiger partial charge in [-0.15, -0.1) is 0 Å². The van der Waals surface area contributed by atoms with E-state index in [0.717, 1.165) is 25.5 Å². The smallest absolute Gasteiger partial charge is 0.191 e. The maximum absolute atomic E-state index is 5.77. The zero-order valence-corrected chi connectivity index (χ0v) is 8.25. The van der Waals surface area contributed by atoms with Gasteiger partial charge in [0, 0.05) is 6.54 Å². The minimum Gasteiger partial charge on any atom is -0.370 e. The zero-order chi connectivity index (χ0) is 9.14.